The van der Waals surface area contributed by atoms with Gasteiger partial charge >= 0.3 is 0 Å². The van der Waals surface area contributed by atoms with Crippen LogP contribution in [0.4, 0.5) is 8.78 Å². The molecule has 0 spiro atoms. The van der Waals surface area contributed by atoms with Gasteiger partial charge in [-0.15, -0.1) is 0 Å². The van der Waals surface area contributed by atoms with E-state index in [1.165, 1.54) is 6.07 Å². The normalized spacial score (nSPS) is 12.2. The van der Waals surface area contributed by atoms with Crippen molar-refractivity contribution >= 4 is 11.6 Å². The summed E-state index contributed by atoms with van der Waals surface area (Å²) in [5.41, 5.74) is 1.08. The van der Waals surface area contributed by atoms with Crippen LogP contribution in [-0.2, 0) is 0 Å². The molecule has 0 N–H and O–H groups in total. The third kappa shape index (κ3) is 3.28. The predicted octanol–water partition coefficient (Wildman–Crippen LogP) is 5.19. The van der Waals surface area contributed by atoms with Crippen molar-refractivity contribution in [2.24, 2.45) is 0 Å². The molecule has 0 aliphatic rings. The fourth-order valence-electron chi connectivity index (χ4n) is 2.00. The van der Waals surface area contributed by atoms with Crippen LogP contribution in [0.5, 0.6) is 5.75 Å². The Bertz CT molecular complexity index is 572. The van der Waals surface area contributed by atoms with E-state index >= 15 is 0 Å². The molecule has 0 saturated carbocycles. The molecule has 2 rings (SSSR count). The second-order valence-corrected chi connectivity index (χ2v) is 4.91. The topological polar surface area (TPSA) is 9.23 Å². The highest BCUT2D eigenvalue weighted by molar-refractivity contribution is 6.30. The summed E-state index contributed by atoms with van der Waals surface area (Å²) in [6.07, 6.45) is 0.813. The van der Waals surface area contributed by atoms with Gasteiger partial charge < -0.3 is 4.74 Å². The smallest absolute Gasteiger partial charge is 0.192 e. The highest BCUT2D eigenvalue weighted by Crippen LogP contribution is 2.29. The molecule has 2 aromatic rings. The molecule has 0 heterocycles. The molecule has 0 amide bonds. The van der Waals surface area contributed by atoms with E-state index in [9.17, 15) is 8.78 Å². The number of hydrogen-bond acceptors (Lipinski definition) is 1. The van der Waals surface area contributed by atoms with Crippen molar-refractivity contribution in [3.05, 3.63) is 64.7 Å². The summed E-state index contributed by atoms with van der Waals surface area (Å²) in [6.45, 7) is 2.21. The van der Waals surface area contributed by atoms with E-state index in [-0.39, 0.29) is 17.5 Å². The minimum absolute atomic E-state index is 0.0778. The van der Waals surface area contributed by atoms with Crippen LogP contribution < -0.4 is 4.74 Å². The van der Waals surface area contributed by atoms with Crippen LogP contribution in [0.15, 0.2) is 42.5 Å². The van der Waals surface area contributed by atoms with Crippen molar-refractivity contribution in [1.29, 1.82) is 0 Å². The molecule has 1 atom stereocenters. The molecule has 0 fully saturated rings. The zero-order valence-corrected chi connectivity index (χ0v) is 11.8. The van der Waals surface area contributed by atoms with Crippen molar-refractivity contribution < 1.29 is 13.5 Å². The van der Waals surface area contributed by atoms with E-state index < -0.39 is 17.4 Å². The maximum atomic E-state index is 13.7. The van der Waals surface area contributed by atoms with E-state index in [0.717, 1.165) is 18.1 Å². The SMILES string of the molecule is CCC(COc1c(F)ccc(Cl)c1F)c1ccccc1. The van der Waals surface area contributed by atoms with Crippen LogP contribution in [-0.4, -0.2) is 6.61 Å². The van der Waals surface area contributed by atoms with Gasteiger partial charge in [-0.2, -0.15) is 0 Å². The first-order chi connectivity index (χ1) is 9.63. The summed E-state index contributed by atoms with van der Waals surface area (Å²) < 4.78 is 32.6. The summed E-state index contributed by atoms with van der Waals surface area (Å²) in [7, 11) is 0. The van der Waals surface area contributed by atoms with Crippen LogP contribution in [0.1, 0.15) is 24.8 Å². The molecule has 0 aliphatic carbocycles. The minimum Gasteiger partial charge on any atom is -0.487 e. The van der Waals surface area contributed by atoms with Crippen LogP contribution in [0.3, 0.4) is 0 Å². The van der Waals surface area contributed by atoms with Crippen molar-refractivity contribution in [3.8, 4) is 5.75 Å². The quantitative estimate of drug-likeness (QED) is 0.690. The van der Waals surface area contributed by atoms with E-state index in [1.807, 2.05) is 37.3 Å². The maximum absolute atomic E-state index is 13.7. The number of rotatable bonds is 5. The Labute approximate surface area is 122 Å². The number of hydrogen-bond donors (Lipinski definition) is 0. The molecule has 20 heavy (non-hydrogen) atoms. The van der Waals surface area contributed by atoms with Gasteiger partial charge in [0, 0.05) is 5.92 Å². The largest absolute Gasteiger partial charge is 0.487 e. The summed E-state index contributed by atoms with van der Waals surface area (Å²) in [4.78, 5) is 0. The van der Waals surface area contributed by atoms with Crippen molar-refractivity contribution in [1.82, 2.24) is 0 Å². The first-order valence-corrected chi connectivity index (χ1v) is 6.82. The van der Waals surface area contributed by atoms with Crippen LogP contribution >= 0.6 is 11.6 Å². The molecule has 1 unspecified atom stereocenters. The molecule has 0 aliphatic heterocycles. The summed E-state index contributed by atoms with van der Waals surface area (Å²) >= 11 is 5.63. The Morgan fingerprint density at radius 2 is 1.80 bits per heavy atom. The Morgan fingerprint density at radius 3 is 2.45 bits per heavy atom. The van der Waals surface area contributed by atoms with Gasteiger partial charge in [0.2, 0.25) is 0 Å². The monoisotopic (exact) mass is 296 g/mol. The van der Waals surface area contributed by atoms with Gasteiger partial charge in [0.05, 0.1) is 11.6 Å². The van der Waals surface area contributed by atoms with Crippen LogP contribution in [0.25, 0.3) is 0 Å². The molecule has 1 nitrogen and oxygen atoms in total. The van der Waals surface area contributed by atoms with Gasteiger partial charge in [-0.3, -0.25) is 0 Å². The molecule has 0 radical (unpaired) electrons. The van der Waals surface area contributed by atoms with Crippen LogP contribution in [0, 0.1) is 11.6 Å². The molecule has 0 bridgehead atoms. The van der Waals surface area contributed by atoms with Gasteiger partial charge in [-0.1, -0.05) is 48.9 Å². The summed E-state index contributed by atoms with van der Waals surface area (Å²) in [5, 5.41) is -0.144. The van der Waals surface area contributed by atoms with Crippen LogP contribution in [0.2, 0.25) is 5.02 Å². The lowest BCUT2D eigenvalue weighted by Gasteiger charge is -2.17. The zero-order valence-electron chi connectivity index (χ0n) is 11.1. The summed E-state index contributed by atoms with van der Waals surface area (Å²) in [6, 6.07) is 12.0. The van der Waals surface area contributed by atoms with Gasteiger partial charge in [0.25, 0.3) is 0 Å². The lowest BCUT2D eigenvalue weighted by molar-refractivity contribution is 0.259. The lowest BCUT2D eigenvalue weighted by atomic mass is 9.97. The van der Waals surface area contributed by atoms with Crippen molar-refractivity contribution in [2.75, 3.05) is 6.61 Å². The molecule has 0 saturated heterocycles. The van der Waals surface area contributed by atoms with Gasteiger partial charge in [0.1, 0.15) is 0 Å². The molecular weight excluding hydrogens is 282 g/mol. The molecule has 0 aromatic heterocycles. The number of ether oxygens (including phenoxy) is 1. The molecule has 2 aromatic carbocycles. The highest BCUT2D eigenvalue weighted by Gasteiger charge is 2.17. The first kappa shape index (κ1) is 14.8. The number of benzene rings is 2. The minimum atomic E-state index is -0.852. The average molecular weight is 297 g/mol. The van der Waals surface area contributed by atoms with E-state index in [0.29, 0.717) is 0 Å². The second-order valence-electron chi connectivity index (χ2n) is 4.50. The third-order valence-corrected chi connectivity index (χ3v) is 3.49. The Morgan fingerprint density at radius 1 is 1.10 bits per heavy atom. The van der Waals surface area contributed by atoms with Gasteiger partial charge in [-0.25, -0.2) is 8.78 Å². The standard InChI is InChI=1S/C16H15ClF2O/c1-2-11(12-6-4-3-5-7-12)10-20-16-14(18)9-8-13(17)15(16)19/h3-9,11H,2,10H2,1H3. The van der Waals surface area contributed by atoms with E-state index in [4.69, 9.17) is 16.3 Å². The van der Waals surface area contributed by atoms with Crippen molar-refractivity contribution in [2.45, 2.75) is 19.3 Å². The third-order valence-electron chi connectivity index (χ3n) is 3.19. The fourth-order valence-corrected chi connectivity index (χ4v) is 2.15. The fraction of sp³-hybridized carbons (Fsp3) is 0.250. The lowest BCUT2D eigenvalue weighted by Crippen LogP contribution is -2.11. The molecule has 4 heteroatoms. The zero-order chi connectivity index (χ0) is 14.5. The molecule has 106 valence electrons. The number of halogens is 3. The Balaban J connectivity index is 2.14. The van der Waals surface area contributed by atoms with Crippen molar-refractivity contribution in [3.63, 3.8) is 0 Å². The Hall–Kier alpha value is -1.61. The maximum Gasteiger partial charge on any atom is 0.192 e. The second kappa shape index (κ2) is 6.71. The predicted molar refractivity (Wildman–Crippen MR) is 76.3 cm³/mol. The van der Waals surface area contributed by atoms with Gasteiger partial charge in [0.15, 0.2) is 17.4 Å². The highest BCUT2D eigenvalue weighted by atomic mass is 35.5. The molecular formula is C16H15ClF2O. The average Bonchev–Trinajstić information content (AvgIpc) is 2.48. The van der Waals surface area contributed by atoms with Gasteiger partial charge in [-0.05, 0) is 24.1 Å². The first-order valence-electron chi connectivity index (χ1n) is 6.44. The van der Waals surface area contributed by atoms with E-state index in [1.54, 1.807) is 0 Å². The summed E-state index contributed by atoms with van der Waals surface area (Å²) in [5.74, 6) is -1.93. The Kier molecular flexibility index (Phi) is 4.96. The van der Waals surface area contributed by atoms with E-state index in [2.05, 4.69) is 0 Å².